The highest BCUT2D eigenvalue weighted by Crippen LogP contribution is 2.36. The van der Waals surface area contributed by atoms with Crippen LogP contribution in [-0.4, -0.2) is 41.8 Å². The molecule has 2 saturated heterocycles. The molecule has 2 aliphatic heterocycles. The first-order valence-electron chi connectivity index (χ1n) is 7.70. The number of aryl methyl sites for hydroxylation is 1. The molecule has 0 aromatic heterocycles. The Bertz CT molecular complexity index is 488. The highest BCUT2D eigenvalue weighted by atomic mass is 16.5. The maximum Gasteiger partial charge on any atom is 0.122 e. The van der Waals surface area contributed by atoms with Crippen LogP contribution in [0.2, 0.25) is 0 Å². The molecule has 3 rings (SSSR count). The fraction of sp³-hybridized carbons (Fsp3) is 0.647. The van der Waals surface area contributed by atoms with Gasteiger partial charge in [-0.1, -0.05) is 17.7 Å². The molecule has 1 aromatic rings. The Labute approximate surface area is 121 Å². The van der Waals surface area contributed by atoms with Gasteiger partial charge in [-0.3, -0.25) is 0 Å². The van der Waals surface area contributed by atoms with Crippen molar-refractivity contribution in [3.63, 3.8) is 0 Å². The number of hydrogen-bond donors (Lipinski definition) is 1. The topological polar surface area (TPSA) is 32.7 Å². The Morgan fingerprint density at radius 1 is 1.40 bits per heavy atom. The predicted molar refractivity (Wildman–Crippen MR) is 80.2 cm³/mol. The first kappa shape index (κ1) is 13.9. The lowest BCUT2D eigenvalue weighted by Crippen LogP contribution is -2.48. The monoisotopic (exact) mass is 275 g/mol. The molecule has 1 aromatic carbocycles. The van der Waals surface area contributed by atoms with Crippen LogP contribution in [0.5, 0.6) is 5.75 Å². The number of piperidine rings is 1. The van der Waals surface area contributed by atoms with Crippen molar-refractivity contribution in [1.29, 1.82) is 0 Å². The van der Waals surface area contributed by atoms with E-state index < -0.39 is 5.60 Å². The number of rotatable bonds is 3. The second-order valence-electron chi connectivity index (χ2n) is 6.50. The van der Waals surface area contributed by atoms with Gasteiger partial charge in [-0.15, -0.1) is 0 Å². The molecule has 0 spiro atoms. The van der Waals surface area contributed by atoms with Gasteiger partial charge in [0.05, 0.1) is 12.7 Å². The lowest BCUT2D eigenvalue weighted by Gasteiger charge is -2.41. The lowest BCUT2D eigenvalue weighted by atomic mass is 9.81. The molecule has 2 aliphatic rings. The highest BCUT2D eigenvalue weighted by molar-refractivity contribution is 5.38. The van der Waals surface area contributed by atoms with Crippen molar-refractivity contribution in [3.8, 4) is 5.75 Å². The molecule has 110 valence electrons. The van der Waals surface area contributed by atoms with E-state index in [-0.39, 0.29) is 0 Å². The fourth-order valence-electron chi connectivity index (χ4n) is 3.87. The maximum absolute atomic E-state index is 11.0. The van der Waals surface area contributed by atoms with Gasteiger partial charge in [0.2, 0.25) is 0 Å². The Hall–Kier alpha value is -1.06. The molecule has 20 heavy (non-hydrogen) atoms. The van der Waals surface area contributed by atoms with Crippen LogP contribution in [0.25, 0.3) is 0 Å². The summed E-state index contributed by atoms with van der Waals surface area (Å²) in [6.07, 6.45) is 5.02. The quantitative estimate of drug-likeness (QED) is 0.920. The minimum Gasteiger partial charge on any atom is -0.496 e. The lowest BCUT2D eigenvalue weighted by molar-refractivity contribution is -0.0357. The zero-order chi connectivity index (χ0) is 14.2. The number of methoxy groups -OCH3 is 1. The third-order valence-electron chi connectivity index (χ3n) is 4.93. The molecule has 0 aliphatic carbocycles. The van der Waals surface area contributed by atoms with Crippen LogP contribution in [0.3, 0.4) is 0 Å². The third-order valence-corrected chi connectivity index (χ3v) is 4.93. The molecule has 0 bridgehead atoms. The van der Waals surface area contributed by atoms with Crippen LogP contribution in [0.4, 0.5) is 0 Å². The van der Waals surface area contributed by atoms with E-state index in [2.05, 4.69) is 24.0 Å². The molecule has 2 heterocycles. The molecule has 0 amide bonds. The standard InChI is InChI=1S/C17H25NO2/c1-13-5-6-16(20-2)14(10-13)11-17(19)7-9-18-8-3-4-15(18)12-17/h5-6,10,15,19H,3-4,7-9,11-12H2,1-2H3. The molecular formula is C17H25NO2. The van der Waals surface area contributed by atoms with Gasteiger partial charge in [0, 0.05) is 19.0 Å². The van der Waals surface area contributed by atoms with Crippen LogP contribution in [-0.2, 0) is 6.42 Å². The van der Waals surface area contributed by atoms with E-state index in [1.807, 2.05) is 6.07 Å². The second kappa shape index (κ2) is 5.38. The van der Waals surface area contributed by atoms with Crippen LogP contribution < -0.4 is 4.74 Å². The largest absolute Gasteiger partial charge is 0.496 e. The fourth-order valence-corrected chi connectivity index (χ4v) is 3.87. The van der Waals surface area contributed by atoms with Crippen molar-refractivity contribution in [1.82, 2.24) is 4.90 Å². The van der Waals surface area contributed by atoms with Gasteiger partial charge in [0.15, 0.2) is 0 Å². The third kappa shape index (κ3) is 2.70. The predicted octanol–water partition coefficient (Wildman–Crippen LogP) is 2.54. The number of aliphatic hydroxyl groups is 1. The van der Waals surface area contributed by atoms with Gasteiger partial charge in [-0.05, 0) is 50.8 Å². The average Bonchev–Trinajstić information content (AvgIpc) is 2.85. The number of hydrogen-bond acceptors (Lipinski definition) is 3. The highest BCUT2D eigenvalue weighted by Gasteiger charge is 2.40. The van der Waals surface area contributed by atoms with E-state index in [1.54, 1.807) is 7.11 Å². The van der Waals surface area contributed by atoms with Gasteiger partial charge >= 0.3 is 0 Å². The Balaban J connectivity index is 1.78. The minimum absolute atomic E-state index is 0.563. The van der Waals surface area contributed by atoms with Crippen LogP contribution in [0.15, 0.2) is 18.2 Å². The van der Waals surface area contributed by atoms with E-state index in [1.165, 1.54) is 24.9 Å². The number of benzene rings is 1. The summed E-state index contributed by atoms with van der Waals surface area (Å²) in [5.74, 6) is 0.901. The summed E-state index contributed by atoms with van der Waals surface area (Å²) in [6.45, 7) is 4.34. The molecule has 2 fully saturated rings. The van der Waals surface area contributed by atoms with E-state index in [0.29, 0.717) is 12.5 Å². The summed E-state index contributed by atoms with van der Waals surface area (Å²) in [6, 6.07) is 6.81. The van der Waals surface area contributed by atoms with Crippen LogP contribution >= 0.6 is 0 Å². The molecule has 2 atom stereocenters. The van der Waals surface area contributed by atoms with Crippen molar-refractivity contribution in [3.05, 3.63) is 29.3 Å². The van der Waals surface area contributed by atoms with E-state index in [9.17, 15) is 5.11 Å². The van der Waals surface area contributed by atoms with Gasteiger partial charge in [0.25, 0.3) is 0 Å². The molecule has 1 N–H and O–H groups in total. The first-order valence-corrected chi connectivity index (χ1v) is 7.70. The summed E-state index contributed by atoms with van der Waals surface area (Å²) in [4.78, 5) is 2.54. The van der Waals surface area contributed by atoms with Gasteiger partial charge in [-0.25, -0.2) is 0 Å². The molecule has 3 heteroatoms. The second-order valence-corrected chi connectivity index (χ2v) is 6.50. The maximum atomic E-state index is 11.0. The number of ether oxygens (including phenoxy) is 1. The Morgan fingerprint density at radius 3 is 3.05 bits per heavy atom. The van der Waals surface area contributed by atoms with E-state index in [0.717, 1.165) is 30.7 Å². The van der Waals surface area contributed by atoms with E-state index >= 15 is 0 Å². The molecule has 0 saturated carbocycles. The average molecular weight is 275 g/mol. The molecule has 2 unspecified atom stereocenters. The summed E-state index contributed by atoms with van der Waals surface area (Å²) >= 11 is 0. The van der Waals surface area contributed by atoms with E-state index in [4.69, 9.17) is 4.74 Å². The van der Waals surface area contributed by atoms with Crippen molar-refractivity contribution in [2.24, 2.45) is 0 Å². The van der Waals surface area contributed by atoms with Crippen molar-refractivity contribution < 1.29 is 9.84 Å². The first-order chi connectivity index (χ1) is 9.59. The van der Waals surface area contributed by atoms with Crippen LogP contribution in [0, 0.1) is 6.92 Å². The van der Waals surface area contributed by atoms with Gasteiger partial charge in [-0.2, -0.15) is 0 Å². The van der Waals surface area contributed by atoms with Gasteiger partial charge < -0.3 is 14.7 Å². The zero-order valence-corrected chi connectivity index (χ0v) is 12.6. The number of nitrogens with zero attached hydrogens (tertiary/aromatic N) is 1. The summed E-state index contributed by atoms with van der Waals surface area (Å²) < 4.78 is 5.45. The smallest absolute Gasteiger partial charge is 0.122 e. The molecule has 3 nitrogen and oxygen atoms in total. The van der Waals surface area contributed by atoms with Crippen molar-refractivity contribution in [2.45, 2.75) is 50.7 Å². The van der Waals surface area contributed by atoms with Crippen LogP contribution in [0.1, 0.15) is 36.8 Å². The summed E-state index contributed by atoms with van der Waals surface area (Å²) in [5.41, 5.74) is 1.80. The van der Waals surface area contributed by atoms with Crippen molar-refractivity contribution >= 4 is 0 Å². The SMILES string of the molecule is COc1ccc(C)cc1CC1(O)CCN2CCCC2C1. The van der Waals surface area contributed by atoms with Gasteiger partial charge in [0.1, 0.15) is 5.75 Å². The molecular weight excluding hydrogens is 250 g/mol. The molecule has 0 radical (unpaired) electrons. The summed E-state index contributed by atoms with van der Waals surface area (Å²) in [5, 5.41) is 11.0. The summed E-state index contributed by atoms with van der Waals surface area (Å²) in [7, 11) is 1.71. The normalized spacial score (nSPS) is 30.2. The van der Waals surface area contributed by atoms with Crippen molar-refractivity contribution in [2.75, 3.05) is 20.2 Å². The Kier molecular flexibility index (Phi) is 3.74. The minimum atomic E-state index is -0.563. The Morgan fingerprint density at radius 2 is 2.25 bits per heavy atom. The number of fused-ring (bicyclic) bond motifs is 1. The zero-order valence-electron chi connectivity index (χ0n) is 12.6.